The lowest BCUT2D eigenvalue weighted by molar-refractivity contribution is 0.171. The number of halogens is 1. The molecule has 0 amide bonds. The third kappa shape index (κ3) is 4.04. The number of benzene rings is 2. The summed E-state index contributed by atoms with van der Waals surface area (Å²) in [5, 5.41) is 7.04. The summed E-state index contributed by atoms with van der Waals surface area (Å²) in [5.74, 6) is 4.01. The maximum atomic E-state index is 6.19. The van der Waals surface area contributed by atoms with Crippen molar-refractivity contribution in [2.45, 2.75) is 6.92 Å². The fourth-order valence-electron chi connectivity index (χ4n) is 2.86. The standard InChI is InChI=1S/C20H19ClN4O3/c1-12-22-19(24-13-3-5-16(26-2)15(21)9-13)11-20(23-12)25-14-4-6-17-18(10-14)28-8-7-27-17/h3-6,9-11H,7-8H2,1-2H3,(H2,22,23,24,25). The van der Waals surface area contributed by atoms with E-state index >= 15 is 0 Å². The number of nitrogens with zero attached hydrogens (tertiary/aromatic N) is 2. The second-order valence-electron chi connectivity index (χ2n) is 6.14. The van der Waals surface area contributed by atoms with Crippen molar-refractivity contribution in [3.63, 3.8) is 0 Å². The first-order valence-corrected chi connectivity index (χ1v) is 9.11. The Kier molecular flexibility index (Phi) is 5.08. The number of aromatic nitrogens is 2. The molecule has 144 valence electrons. The highest BCUT2D eigenvalue weighted by molar-refractivity contribution is 6.32. The van der Waals surface area contributed by atoms with E-state index < -0.39 is 0 Å². The minimum atomic E-state index is 0.521. The van der Waals surface area contributed by atoms with E-state index in [1.54, 1.807) is 19.2 Å². The molecular weight excluding hydrogens is 380 g/mol. The van der Waals surface area contributed by atoms with Gasteiger partial charge in [-0.1, -0.05) is 11.6 Å². The summed E-state index contributed by atoms with van der Waals surface area (Å²) in [6, 6.07) is 13.0. The lowest BCUT2D eigenvalue weighted by atomic mass is 10.2. The van der Waals surface area contributed by atoms with Gasteiger partial charge in [0.2, 0.25) is 0 Å². The van der Waals surface area contributed by atoms with Gasteiger partial charge in [0.15, 0.2) is 11.5 Å². The first kappa shape index (κ1) is 18.2. The summed E-state index contributed by atoms with van der Waals surface area (Å²) in [6.45, 7) is 2.94. The molecule has 4 rings (SSSR count). The SMILES string of the molecule is COc1ccc(Nc2cc(Nc3ccc4c(c3)OCCO4)nc(C)n2)cc1Cl. The van der Waals surface area contributed by atoms with Crippen molar-refractivity contribution in [1.82, 2.24) is 9.97 Å². The maximum Gasteiger partial charge on any atom is 0.163 e. The van der Waals surface area contributed by atoms with E-state index in [0.29, 0.717) is 47.2 Å². The molecule has 3 aromatic rings. The molecule has 2 N–H and O–H groups in total. The number of nitrogens with one attached hydrogen (secondary N) is 2. The average Bonchev–Trinajstić information content (AvgIpc) is 2.67. The van der Waals surface area contributed by atoms with Gasteiger partial charge in [0.25, 0.3) is 0 Å². The molecule has 0 unspecified atom stereocenters. The van der Waals surface area contributed by atoms with Crippen molar-refractivity contribution in [3.8, 4) is 17.2 Å². The Hall–Kier alpha value is -3.19. The van der Waals surface area contributed by atoms with Crippen molar-refractivity contribution in [1.29, 1.82) is 0 Å². The van der Waals surface area contributed by atoms with Crippen LogP contribution >= 0.6 is 11.6 Å². The van der Waals surface area contributed by atoms with Crippen LogP contribution in [0.15, 0.2) is 42.5 Å². The van der Waals surface area contributed by atoms with Crippen LogP contribution in [-0.4, -0.2) is 30.3 Å². The highest BCUT2D eigenvalue weighted by Crippen LogP contribution is 2.34. The summed E-state index contributed by atoms with van der Waals surface area (Å²) in [6.07, 6.45) is 0. The van der Waals surface area contributed by atoms with Gasteiger partial charge in [-0.3, -0.25) is 0 Å². The van der Waals surface area contributed by atoms with Crippen molar-refractivity contribution >= 4 is 34.6 Å². The predicted molar refractivity (Wildman–Crippen MR) is 109 cm³/mol. The molecule has 0 bridgehead atoms. The van der Waals surface area contributed by atoms with E-state index in [-0.39, 0.29) is 0 Å². The number of ether oxygens (including phenoxy) is 3. The van der Waals surface area contributed by atoms with Gasteiger partial charge in [-0.15, -0.1) is 0 Å². The van der Waals surface area contributed by atoms with E-state index in [0.717, 1.165) is 17.1 Å². The zero-order valence-electron chi connectivity index (χ0n) is 15.5. The van der Waals surface area contributed by atoms with Crippen LogP contribution in [-0.2, 0) is 0 Å². The molecule has 0 fully saturated rings. The van der Waals surface area contributed by atoms with Crippen LogP contribution in [0.1, 0.15) is 5.82 Å². The first-order chi connectivity index (χ1) is 13.6. The Morgan fingerprint density at radius 2 is 1.54 bits per heavy atom. The summed E-state index contributed by atoms with van der Waals surface area (Å²) in [7, 11) is 1.58. The molecule has 1 aliphatic heterocycles. The Morgan fingerprint density at radius 1 is 0.893 bits per heavy atom. The van der Waals surface area contributed by atoms with Gasteiger partial charge < -0.3 is 24.8 Å². The Bertz CT molecular complexity index is 1010. The number of aryl methyl sites for hydroxylation is 1. The maximum absolute atomic E-state index is 6.19. The number of fused-ring (bicyclic) bond motifs is 1. The largest absolute Gasteiger partial charge is 0.495 e. The van der Waals surface area contributed by atoms with E-state index in [1.807, 2.05) is 37.3 Å². The fourth-order valence-corrected chi connectivity index (χ4v) is 3.11. The van der Waals surface area contributed by atoms with E-state index in [1.165, 1.54) is 0 Å². The van der Waals surface area contributed by atoms with Crippen LogP contribution < -0.4 is 24.8 Å². The Balaban J connectivity index is 1.54. The van der Waals surface area contributed by atoms with E-state index in [2.05, 4.69) is 20.6 Å². The van der Waals surface area contributed by atoms with Crippen molar-refractivity contribution in [3.05, 3.63) is 53.3 Å². The van der Waals surface area contributed by atoms with Gasteiger partial charge in [0, 0.05) is 23.5 Å². The molecular formula is C20H19ClN4O3. The third-order valence-corrected chi connectivity index (χ3v) is 4.37. The number of hydrogen-bond acceptors (Lipinski definition) is 7. The summed E-state index contributed by atoms with van der Waals surface area (Å²) >= 11 is 6.19. The zero-order valence-corrected chi connectivity index (χ0v) is 16.2. The molecule has 0 aliphatic carbocycles. The van der Waals surface area contributed by atoms with Crippen LogP contribution in [0.3, 0.4) is 0 Å². The molecule has 0 spiro atoms. The van der Waals surface area contributed by atoms with Gasteiger partial charge in [-0.25, -0.2) is 9.97 Å². The highest BCUT2D eigenvalue weighted by atomic mass is 35.5. The third-order valence-electron chi connectivity index (χ3n) is 4.08. The lowest BCUT2D eigenvalue weighted by Gasteiger charge is -2.19. The summed E-state index contributed by atoms with van der Waals surface area (Å²) in [4.78, 5) is 8.88. The van der Waals surface area contributed by atoms with Crippen molar-refractivity contribution in [2.75, 3.05) is 31.0 Å². The van der Waals surface area contributed by atoms with Crippen LogP contribution in [0.4, 0.5) is 23.0 Å². The van der Waals surface area contributed by atoms with Gasteiger partial charge in [-0.05, 0) is 37.3 Å². The van der Waals surface area contributed by atoms with E-state index in [4.69, 9.17) is 25.8 Å². The molecule has 8 heteroatoms. The van der Waals surface area contributed by atoms with Crippen molar-refractivity contribution < 1.29 is 14.2 Å². The minimum absolute atomic E-state index is 0.521. The fraction of sp³-hybridized carbons (Fsp3) is 0.200. The van der Waals surface area contributed by atoms with Gasteiger partial charge in [0.05, 0.1) is 12.1 Å². The molecule has 0 atom stereocenters. The first-order valence-electron chi connectivity index (χ1n) is 8.73. The number of hydrogen-bond donors (Lipinski definition) is 2. The highest BCUT2D eigenvalue weighted by Gasteiger charge is 2.12. The number of anilines is 4. The molecule has 7 nitrogen and oxygen atoms in total. The molecule has 2 aromatic carbocycles. The molecule has 0 saturated carbocycles. The Labute approximate surface area is 167 Å². The number of methoxy groups -OCH3 is 1. The summed E-state index contributed by atoms with van der Waals surface area (Å²) in [5.41, 5.74) is 1.65. The van der Waals surface area contributed by atoms with Crippen molar-refractivity contribution in [2.24, 2.45) is 0 Å². The van der Waals surface area contributed by atoms with Crippen LogP contribution in [0.5, 0.6) is 17.2 Å². The van der Waals surface area contributed by atoms with E-state index in [9.17, 15) is 0 Å². The summed E-state index contributed by atoms with van der Waals surface area (Å²) < 4.78 is 16.4. The van der Waals surface area contributed by atoms with Crippen LogP contribution in [0.2, 0.25) is 5.02 Å². The minimum Gasteiger partial charge on any atom is -0.495 e. The average molecular weight is 399 g/mol. The predicted octanol–water partition coefficient (Wildman–Crippen LogP) is 4.71. The smallest absolute Gasteiger partial charge is 0.163 e. The molecule has 2 heterocycles. The molecule has 0 radical (unpaired) electrons. The van der Waals surface area contributed by atoms with Crippen LogP contribution in [0.25, 0.3) is 0 Å². The quantitative estimate of drug-likeness (QED) is 0.644. The Morgan fingerprint density at radius 3 is 2.21 bits per heavy atom. The molecule has 28 heavy (non-hydrogen) atoms. The second-order valence-corrected chi connectivity index (χ2v) is 6.55. The lowest BCUT2D eigenvalue weighted by Crippen LogP contribution is -2.15. The molecule has 0 saturated heterocycles. The second kappa shape index (κ2) is 7.82. The van der Waals surface area contributed by atoms with Crippen LogP contribution in [0, 0.1) is 6.92 Å². The zero-order chi connectivity index (χ0) is 19.5. The van der Waals surface area contributed by atoms with Gasteiger partial charge >= 0.3 is 0 Å². The number of rotatable bonds is 5. The normalized spacial score (nSPS) is 12.4. The molecule has 1 aliphatic rings. The monoisotopic (exact) mass is 398 g/mol. The van der Waals surface area contributed by atoms with Gasteiger partial charge in [-0.2, -0.15) is 0 Å². The van der Waals surface area contributed by atoms with Gasteiger partial charge in [0.1, 0.15) is 36.4 Å². The molecule has 1 aromatic heterocycles. The topological polar surface area (TPSA) is 77.5 Å².